The Hall–Kier alpha value is -0.370. The number of ketones is 1. The molecule has 0 aromatic rings. The van der Waals surface area contributed by atoms with Gasteiger partial charge < -0.3 is 0 Å². The molecule has 100 valence electrons. The van der Waals surface area contributed by atoms with Gasteiger partial charge in [-0.25, -0.2) is 0 Å². The maximum Gasteiger partial charge on any atom is 0.131 e. The van der Waals surface area contributed by atoms with Crippen molar-refractivity contribution in [1.29, 1.82) is 0 Å². The lowest BCUT2D eigenvalue weighted by Crippen LogP contribution is -2.39. The standard InChI is InChI=1S/C15H29NO/c1-13(2)9-11-16(12-10-14(3)17)15-7-5-4-6-8-15/h13,15H,4-12H2,1-3H3. The summed E-state index contributed by atoms with van der Waals surface area (Å²) in [6.07, 6.45) is 8.84. The van der Waals surface area contributed by atoms with Crippen molar-refractivity contribution in [2.45, 2.75) is 71.8 Å². The molecule has 0 aromatic heterocycles. The lowest BCUT2D eigenvalue weighted by atomic mass is 9.93. The molecule has 0 radical (unpaired) electrons. The summed E-state index contributed by atoms with van der Waals surface area (Å²) in [5, 5.41) is 0. The largest absolute Gasteiger partial charge is 0.300 e. The number of Topliss-reactive ketones (excluding diaryl/α,β-unsaturated/α-hetero) is 1. The SMILES string of the molecule is CC(=O)CCN(CCC(C)C)C1CCCCC1. The van der Waals surface area contributed by atoms with E-state index in [-0.39, 0.29) is 0 Å². The van der Waals surface area contributed by atoms with Crippen LogP contribution >= 0.6 is 0 Å². The van der Waals surface area contributed by atoms with Crippen molar-refractivity contribution >= 4 is 5.78 Å². The van der Waals surface area contributed by atoms with Crippen LogP contribution in [0, 0.1) is 5.92 Å². The molecular formula is C15H29NO. The van der Waals surface area contributed by atoms with Gasteiger partial charge in [-0.3, -0.25) is 9.69 Å². The van der Waals surface area contributed by atoms with Crippen molar-refractivity contribution in [1.82, 2.24) is 4.90 Å². The van der Waals surface area contributed by atoms with Gasteiger partial charge in [0.15, 0.2) is 0 Å². The molecule has 0 heterocycles. The van der Waals surface area contributed by atoms with Gasteiger partial charge in [0.1, 0.15) is 5.78 Å². The topological polar surface area (TPSA) is 20.3 Å². The Morgan fingerprint density at radius 3 is 2.35 bits per heavy atom. The fourth-order valence-electron chi connectivity index (χ4n) is 2.65. The molecule has 1 aliphatic carbocycles. The molecule has 2 heteroatoms. The van der Waals surface area contributed by atoms with Crippen molar-refractivity contribution in [3.8, 4) is 0 Å². The van der Waals surface area contributed by atoms with Crippen LogP contribution in [0.5, 0.6) is 0 Å². The van der Waals surface area contributed by atoms with Gasteiger partial charge in [-0.15, -0.1) is 0 Å². The number of carbonyl (C=O) groups is 1. The van der Waals surface area contributed by atoms with E-state index >= 15 is 0 Å². The predicted molar refractivity (Wildman–Crippen MR) is 73.2 cm³/mol. The molecule has 1 saturated carbocycles. The van der Waals surface area contributed by atoms with Crippen LogP contribution in [0.1, 0.15) is 65.7 Å². The Labute approximate surface area is 107 Å². The van der Waals surface area contributed by atoms with Crippen LogP contribution in [0.2, 0.25) is 0 Å². The quantitative estimate of drug-likeness (QED) is 0.676. The maximum absolute atomic E-state index is 11.1. The van der Waals surface area contributed by atoms with Crippen molar-refractivity contribution < 1.29 is 4.79 Å². The van der Waals surface area contributed by atoms with E-state index in [2.05, 4.69) is 18.7 Å². The fourth-order valence-corrected chi connectivity index (χ4v) is 2.65. The van der Waals surface area contributed by atoms with Gasteiger partial charge in [0, 0.05) is 19.0 Å². The molecular weight excluding hydrogens is 210 g/mol. The lowest BCUT2D eigenvalue weighted by molar-refractivity contribution is -0.117. The van der Waals surface area contributed by atoms with E-state index in [1.165, 1.54) is 45.1 Å². The normalized spacial score (nSPS) is 17.9. The molecule has 0 saturated heterocycles. The van der Waals surface area contributed by atoms with Gasteiger partial charge in [0.05, 0.1) is 0 Å². The second-order valence-electron chi connectivity index (χ2n) is 5.96. The van der Waals surface area contributed by atoms with Crippen LogP contribution in [0.25, 0.3) is 0 Å². The monoisotopic (exact) mass is 239 g/mol. The first-order valence-electron chi connectivity index (χ1n) is 7.33. The average molecular weight is 239 g/mol. The predicted octanol–water partition coefficient (Wildman–Crippen LogP) is 3.65. The molecule has 1 aliphatic rings. The Bertz CT molecular complexity index is 219. The van der Waals surface area contributed by atoms with Crippen molar-refractivity contribution in [3.63, 3.8) is 0 Å². The Morgan fingerprint density at radius 1 is 1.18 bits per heavy atom. The first kappa shape index (κ1) is 14.7. The summed E-state index contributed by atoms with van der Waals surface area (Å²) in [7, 11) is 0. The zero-order chi connectivity index (χ0) is 12.7. The molecule has 0 aromatic carbocycles. The van der Waals surface area contributed by atoms with Crippen LogP contribution in [0.4, 0.5) is 0 Å². The molecule has 1 fully saturated rings. The van der Waals surface area contributed by atoms with E-state index in [1.807, 2.05) is 0 Å². The summed E-state index contributed by atoms with van der Waals surface area (Å²) in [6, 6.07) is 0.752. The second kappa shape index (κ2) is 7.86. The first-order valence-corrected chi connectivity index (χ1v) is 7.33. The van der Waals surface area contributed by atoms with Crippen molar-refractivity contribution in [3.05, 3.63) is 0 Å². The van der Waals surface area contributed by atoms with Gasteiger partial charge in [0.2, 0.25) is 0 Å². The highest BCUT2D eigenvalue weighted by molar-refractivity contribution is 5.75. The highest BCUT2D eigenvalue weighted by Gasteiger charge is 2.20. The molecule has 0 amide bonds. The number of hydrogen-bond donors (Lipinski definition) is 0. The van der Waals surface area contributed by atoms with E-state index in [0.29, 0.717) is 5.78 Å². The smallest absolute Gasteiger partial charge is 0.131 e. The number of rotatable bonds is 7. The van der Waals surface area contributed by atoms with E-state index in [9.17, 15) is 4.79 Å². The van der Waals surface area contributed by atoms with E-state index < -0.39 is 0 Å². The summed E-state index contributed by atoms with van der Waals surface area (Å²) >= 11 is 0. The van der Waals surface area contributed by atoms with Crippen LogP contribution in [0.15, 0.2) is 0 Å². The zero-order valence-electron chi connectivity index (χ0n) is 11.9. The molecule has 0 unspecified atom stereocenters. The van der Waals surface area contributed by atoms with Gasteiger partial charge in [0.25, 0.3) is 0 Å². The molecule has 17 heavy (non-hydrogen) atoms. The highest BCUT2D eigenvalue weighted by atomic mass is 16.1. The minimum atomic E-state index is 0.329. The zero-order valence-corrected chi connectivity index (χ0v) is 11.9. The lowest BCUT2D eigenvalue weighted by Gasteiger charge is -2.34. The molecule has 0 N–H and O–H groups in total. The third kappa shape index (κ3) is 6.21. The number of hydrogen-bond acceptors (Lipinski definition) is 2. The van der Waals surface area contributed by atoms with Crippen molar-refractivity contribution in [2.24, 2.45) is 5.92 Å². The van der Waals surface area contributed by atoms with Crippen LogP contribution in [-0.4, -0.2) is 29.8 Å². The highest BCUT2D eigenvalue weighted by Crippen LogP contribution is 2.23. The number of carbonyl (C=O) groups excluding carboxylic acids is 1. The molecule has 0 atom stereocenters. The van der Waals surface area contributed by atoms with Crippen LogP contribution in [0.3, 0.4) is 0 Å². The molecule has 2 nitrogen and oxygen atoms in total. The Balaban J connectivity index is 2.41. The summed E-state index contributed by atoms with van der Waals surface area (Å²) in [5.74, 6) is 1.09. The summed E-state index contributed by atoms with van der Waals surface area (Å²) in [6.45, 7) is 8.43. The van der Waals surface area contributed by atoms with E-state index in [4.69, 9.17) is 0 Å². The van der Waals surface area contributed by atoms with E-state index in [0.717, 1.165) is 24.9 Å². The van der Waals surface area contributed by atoms with Crippen LogP contribution in [-0.2, 0) is 4.79 Å². The van der Waals surface area contributed by atoms with Gasteiger partial charge >= 0.3 is 0 Å². The Kier molecular flexibility index (Phi) is 6.79. The molecule has 0 aliphatic heterocycles. The van der Waals surface area contributed by atoms with E-state index in [1.54, 1.807) is 6.92 Å². The molecule has 0 bridgehead atoms. The Morgan fingerprint density at radius 2 is 1.82 bits per heavy atom. The minimum Gasteiger partial charge on any atom is -0.300 e. The summed E-state index contributed by atoms with van der Waals surface area (Å²) in [5.41, 5.74) is 0. The third-order valence-corrected chi connectivity index (χ3v) is 3.84. The average Bonchev–Trinajstić information content (AvgIpc) is 2.29. The van der Waals surface area contributed by atoms with Crippen molar-refractivity contribution in [2.75, 3.05) is 13.1 Å². The third-order valence-electron chi connectivity index (χ3n) is 3.84. The van der Waals surface area contributed by atoms with Gasteiger partial charge in [-0.2, -0.15) is 0 Å². The maximum atomic E-state index is 11.1. The minimum absolute atomic E-state index is 0.329. The van der Waals surface area contributed by atoms with Gasteiger partial charge in [-0.05, 0) is 38.6 Å². The fraction of sp³-hybridized carbons (Fsp3) is 0.933. The molecule has 0 spiro atoms. The second-order valence-corrected chi connectivity index (χ2v) is 5.96. The molecule has 1 rings (SSSR count). The number of nitrogens with zero attached hydrogens (tertiary/aromatic N) is 1. The first-order chi connectivity index (χ1) is 8.09. The van der Waals surface area contributed by atoms with Crippen LogP contribution < -0.4 is 0 Å². The van der Waals surface area contributed by atoms with Gasteiger partial charge in [-0.1, -0.05) is 33.1 Å². The summed E-state index contributed by atoms with van der Waals surface area (Å²) in [4.78, 5) is 13.7. The summed E-state index contributed by atoms with van der Waals surface area (Å²) < 4.78 is 0.